The molecule has 0 unspecified atom stereocenters. The third-order valence-corrected chi connectivity index (χ3v) is 4.71. The van der Waals surface area contributed by atoms with Crippen molar-refractivity contribution in [2.45, 2.75) is 64.8 Å². The number of urea groups is 1. The standard InChI is InChI=1S/C15H25N3O2/c1-4-12(5-2)10-16-18-13(19)15(17-14(18)20)8-6-11(3)7-9-15/h10-12H,4-9H2,1-3H3,(H,17,20)/b16-10-. The van der Waals surface area contributed by atoms with Gasteiger partial charge in [-0.05, 0) is 50.4 Å². The van der Waals surface area contributed by atoms with Crippen LogP contribution in [0.15, 0.2) is 5.10 Å². The summed E-state index contributed by atoms with van der Waals surface area (Å²) in [5.41, 5.74) is -0.686. The zero-order valence-corrected chi connectivity index (χ0v) is 12.7. The zero-order chi connectivity index (χ0) is 14.8. The van der Waals surface area contributed by atoms with E-state index in [1.54, 1.807) is 6.21 Å². The predicted molar refractivity (Wildman–Crippen MR) is 78.3 cm³/mol. The molecule has 1 N–H and O–H groups in total. The van der Waals surface area contributed by atoms with E-state index in [1.807, 2.05) is 0 Å². The van der Waals surface area contributed by atoms with Crippen LogP contribution >= 0.6 is 0 Å². The van der Waals surface area contributed by atoms with Crippen molar-refractivity contribution in [3.63, 3.8) is 0 Å². The molecule has 1 heterocycles. The van der Waals surface area contributed by atoms with Gasteiger partial charge in [-0.2, -0.15) is 5.10 Å². The van der Waals surface area contributed by atoms with Crippen molar-refractivity contribution in [2.24, 2.45) is 16.9 Å². The quantitative estimate of drug-likeness (QED) is 0.635. The molecule has 2 rings (SSSR count). The van der Waals surface area contributed by atoms with Crippen LogP contribution in [0.4, 0.5) is 4.79 Å². The Balaban J connectivity index is 2.09. The number of hydrogen-bond acceptors (Lipinski definition) is 3. The van der Waals surface area contributed by atoms with Gasteiger partial charge in [-0.3, -0.25) is 4.79 Å². The summed E-state index contributed by atoms with van der Waals surface area (Å²) in [5.74, 6) is 0.780. The molecule has 1 saturated carbocycles. The van der Waals surface area contributed by atoms with Crippen molar-refractivity contribution in [2.75, 3.05) is 0 Å². The summed E-state index contributed by atoms with van der Waals surface area (Å²) in [7, 11) is 0. The van der Waals surface area contributed by atoms with E-state index in [-0.39, 0.29) is 11.9 Å². The van der Waals surface area contributed by atoms with Crippen LogP contribution in [-0.2, 0) is 4.79 Å². The molecule has 5 nitrogen and oxygen atoms in total. The first-order valence-corrected chi connectivity index (χ1v) is 7.73. The fourth-order valence-corrected chi connectivity index (χ4v) is 2.97. The van der Waals surface area contributed by atoms with Gasteiger partial charge in [0, 0.05) is 6.21 Å². The van der Waals surface area contributed by atoms with Crippen molar-refractivity contribution < 1.29 is 9.59 Å². The van der Waals surface area contributed by atoms with Gasteiger partial charge >= 0.3 is 6.03 Å². The Kier molecular flexibility index (Phi) is 4.45. The number of carbonyl (C=O) groups is 2. The molecule has 5 heteroatoms. The number of rotatable bonds is 4. The van der Waals surface area contributed by atoms with Gasteiger partial charge in [0.2, 0.25) is 0 Å². The Morgan fingerprint density at radius 2 is 1.95 bits per heavy atom. The number of nitrogens with zero attached hydrogens (tertiary/aromatic N) is 2. The smallest absolute Gasteiger partial charge is 0.321 e. The fourth-order valence-electron chi connectivity index (χ4n) is 2.97. The van der Waals surface area contributed by atoms with Crippen molar-refractivity contribution in [3.05, 3.63) is 0 Å². The van der Waals surface area contributed by atoms with Crippen molar-refractivity contribution in [1.82, 2.24) is 10.3 Å². The highest BCUT2D eigenvalue weighted by molar-refractivity contribution is 6.07. The lowest BCUT2D eigenvalue weighted by atomic mass is 9.77. The number of hydrazone groups is 1. The normalized spacial score (nSPS) is 30.8. The van der Waals surface area contributed by atoms with Crippen LogP contribution in [0, 0.1) is 11.8 Å². The second kappa shape index (κ2) is 5.94. The second-order valence-electron chi connectivity index (χ2n) is 6.15. The third-order valence-electron chi connectivity index (χ3n) is 4.71. The average Bonchev–Trinajstić information content (AvgIpc) is 2.67. The number of amides is 3. The molecular formula is C15H25N3O2. The van der Waals surface area contributed by atoms with E-state index in [0.717, 1.165) is 43.5 Å². The Morgan fingerprint density at radius 3 is 2.50 bits per heavy atom. The van der Waals surface area contributed by atoms with Gasteiger partial charge in [0.05, 0.1) is 0 Å². The molecule has 0 atom stereocenters. The van der Waals surface area contributed by atoms with Gasteiger partial charge in [0.1, 0.15) is 5.54 Å². The Hall–Kier alpha value is -1.39. The van der Waals surface area contributed by atoms with E-state index >= 15 is 0 Å². The molecule has 3 amide bonds. The Morgan fingerprint density at radius 1 is 1.35 bits per heavy atom. The third kappa shape index (κ3) is 2.72. The van der Waals surface area contributed by atoms with Crippen molar-refractivity contribution in [3.8, 4) is 0 Å². The summed E-state index contributed by atoms with van der Waals surface area (Å²) in [6.45, 7) is 6.35. The lowest BCUT2D eigenvalue weighted by Gasteiger charge is -2.33. The molecule has 2 aliphatic rings. The van der Waals surface area contributed by atoms with Gasteiger partial charge in [-0.1, -0.05) is 20.8 Å². The van der Waals surface area contributed by atoms with E-state index in [4.69, 9.17) is 0 Å². The maximum absolute atomic E-state index is 12.5. The highest BCUT2D eigenvalue weighted by Crippen LogP contribution is 2.36. The molecule has 2 fully saturated rings. The summed E-state index contributed by atoms with van der Waals surface area (Å²) in [6.07, 6.45) is 7.10. The topological polar surface area (TPSA) is 61.8 Å². The Bertz CT molecular complexity index is 407. The van der Waals surface area contributed by atoms with Gasteiger partial charge in [0.25, 0.3) is 5.91 Å². The number of carbonyl (C=O) groups excluding carboxylic acids is 2. The molecule has 0 bridgehead atoms. The number of hydrogen-bond donors (Lipinski definition) is 1. The molecule has 1 saturated heterocycles. The van der Waals surface area contributed by atoms with Gasteiger partial charge in [-0.15, -0.1) is 5.01 Å². The average molecular weight is 279 g/mol. The first-order valence-electron chi connectivity index (χ1n) is 7.73. The summed E-state index contributed by atoms with van der Waals surface area (Å²) >= 11 is 0. The molecule has 1 aliphatic heterocycles. The minimum Gasteiger partial charge on any atom is -0.321 e. The van der Waals surface area contributed by atoms with Gasteiger partial charge in [0.15, 0.2) is 0 Å². The fraction of sp³-hybridized carbons (Fsp3) is 0.800. The molecule has 20 heavy (non-hydrogen) atoms. The van der Waals surface area contributed by atoms with Crippen LogP contribution < -0.4 is 5.32 Å². The number of nitrogens with one attached hydrogen (secondary N) is 1. The molecule has 0 aromatic heterocycles. The molecule has 112 valence electrons. The van der Waals surface area contributed by atoms with Crippen LogP contribution in [0.25, 0.3) is 0 Å². The monoisotopic (exact) mass is 279 g/mol. The van der Waals surface area contributed by atoms with Crippen LogP contribution in [0.3, 0.4) is 0 Å². The van der Waals surface area contributed by atoms with Crippen LogP contribution in [0.2, 0.25) is 0 Å². The molecule has 0 aromatic carbocycles. The molecule has 0 radical (unpaired) electrons. The summed E-state index contributed by atoms with van der Waals surface area (Å²) in [4.78, 5) is 24.5. The van der Waals surface area contributed by atoms with E-state index in [2.05, 4.69) is 31.2 Å². The van der Waals surface area contributed by atoms with Crippen LogP contribution in [0.1, 0.15) is 59.3 Å². The maximum atomic E-state index is 12.5. The highest BCUT2D eigenvalue weighted by atomic mass is 16.2. The minimum atomic E-state index is -0.686. The van der Waals surface area contributed by atoms with Crippen molar-refractivity contribution >= 4 is 18.2 Å². The zero-order valence-electron chi connectivity index (χ0n) is 12.7. The molecule has 0 aromatic rings. The summed E-state index contributed by atoms with van der Waals surface area (Å²) < 4.78 is 0. The highest BCUT2D eigenvalue weighted by Gasteiger charge is 2.52. The lowest BCUT2D eigenvalue weighted by Crippen LogP contribution is -2.49. The first kappa shape index (κ1) is 15.0. The van der Waals surface area contributed by atoms with Gasteiger partial charge in [-0.25, -0.2) is 4.79 Å². The molecule has 1 spiro atoms. The summed E-state index contributed by atoms with van der Waals surface area (Å²) in [5, 5.41) is 8.05. The van der Waals surface area contributed by atoms with E-state index in [0.29, 0.717) is 11.8 Å². The SMILES string of the molecule is CCC(/C=N\N1C(=O)NC2(CCC(C)CC2)C1=O)CC. The maximum Gasteiger partial charge on any atom is 0.346 e. The lowest BCUT2D eigenvalue weighted by molar-refractivity contribution is -0.132. The van der Waals surface area contributed by atoms with E-state index < -0.39 is 5.54 Å². The van der Waals surface area contributed by atoms with E-state index in [9.17, 15) is 9.59 Å². The predicted octanol–water partition coefficient (Wildman–Crippen LogP) is 2.91. The summed E-state index contributed by atoms with van der Waals surface area (Å²) in [6, 6.07) is -0.369. The second-order valence-corrected chi connectivity index (χ2v) is 6.15. The van der Waals surface area contributed by atoms with Crippen molar-refractivity contribution in [1.29, 1.82) is 0 Å². The van der Waals surface area contributed by atoms with Crippen LogP contribution in [-0.4, -0.2) is 28.7 Å². The largest absolute Gasteiger partial charge is 0.346 e. The molecular weight excluding hydrogens is 254 g/mol. The first-order chi connectivity index (χ1) is 9.52. The Labute approximate surface area is 120 Å². The van der Waals surface area contributed by atoms with E-state index in [1.165, 1.54) is 0 Å². The van der Waals surface area contributed by atoms with Gasteiger partial charge < -0.3 is 5.32 Å². The van der Waals surface area contributed by atoms with Crippen LogP contribution in [0.5, 0.6) is 0 Å². The minimum absolute atomic E-state index is 0.170. The number of imide groups is 1. The molecule has 1 aliphatic carbocycles.